The van der Waals surface area contributed by atoms with Crippen LogP contribution >= 0.6 is 0 Å². The van der Waals surface area contributed by atoms with E-state index in [4.69, 9.17) is 14.2 Å². The average molecular weight is 686 g/mol. The van der Waals surface area contributed by atoms with Crippen molar-refractivity contribution in [3.63, 3.8) is 0 Å². The van der Waals surface area contributed by atoms with E-state index in [0.717, 1.165) is 28.8 Å². The van der Waals surface area contributed by atoms with Gasteiger partial charge in [0, 0.05) is 18.8 Å². The van der Waals surface area contributed by atoms with Gasteiger partial charge >= 0.3 is 11.9 Å². The van der Waals surface area contributed by atoms with E-state index in [0.29, 0.717) is 24.8 Å². The van der Waals surface area contributed by atoms with Crippen LogP contribution in [0.15, 0.2) is 126 Å². The molecule has 0 unspecified atom stereocenters. The zero-order valence-corrected chi connectivity index (χ0v) is 28.1. The number of carbonyl (C=O) groups excluding carboxylic acids is 2. The summed E-state index contributed by atoms with van der Waals surface area (Å²) in [4.78, 5) is 24.7. The first-order chi connectivity index (χ1) is 23.7. The van der Waals surface area contributed by atoms with E-state index in [1.54, 1.807) is 30.3 Å². The Kier molecular flexibility index (Phi) is 12.5. The van der Waals surface area contributed by atoms with Crippen LogP contribution < -0.4 is 4.72 Å². The number of nitrogens with one attached hydrogen (secondary N) is 1. The number of unbranched alkanes of at least 4 members (excludes halogenated alkanes) is 1. The Bertz CT molecular complexity index is 1800. The van der Waals surface area contributed by atoms with Crippen molar-refractivity contribution in [3.8, 4) is 11.1 Å². The summed E-state index contributed by atoms with van der Waals surface area (Å²) < 4.78 is 60.9. The van der Waals surface area contributed by atoms with Crippen molar-refractivity contribution in [2.75, 3.05) is 7.11 Å². The van der Waals surface area contributed by atoms with Crippen LogP contribution in [0, 0.1) is 11.7 Å². The van der Waals surface area contributed by atoms with Crippen LogP contribution in [0.1, 0.15) is 48.0 Å². The van der Waals surface area contributed by atoms with Gasteiger partial charge in [-0.15, -0.1) is 0 Å². The number of halogens is 1. The lowest BCUT2D eigenvalue weighted by Crippen LogP contribution is -2.46. The molecule has 1 N–H and O–H groups in total. The second-order valence-corrected chi connectivity index (χ2v) is 13.6. The number of hydrogen-bond donors (Lipinski definition) is 1. The smallest absolute Gasteiger partial charge is 0.338 e. The van der Waals surface area contributed by atoms with Crippen LogP contribution in [-0.2, 0) is 35.6 Å². The zero-order chi connectivity index (χ0) is 34.6. The fraction of sp³-hybridized carbons (Fsp3) is 0.282. The van der Waals surface area contributed by atoms with Gasteiger partial charge in [0.1, 0.15) is 11.9 Å². The third-order valence-electron chi connectivity index (χ3n) is 8.57. The summed E-state index contributed by atoms with van der Waals surface area (Å²) in [5, 5.41) is 0. The Morgan fingerprint density at radius 1 is 0.837 bits per heavy atom. The molecular weight excluding hydrogens is 645 g/mol. The molecule has 0 heterocycles. The normalized spacial score (nSPS) is 19.1. The number of allylic oxidation sites excluding steroid dienone is 2. The van der Waals surface area contributed by atoms with Crippen LogP contribution in [-0.4, -0.2) is 45.7 Å². The van der Waals surface area contributed by atoms with E-state index >= 15 is 0 Å². The van der Waals surface area contributed by atoms with Crippen molar-refractivity contribution >= 4 is 22.0 Å². The van der Waals surface area contributed by atoms with Gasteiger partial charge in [-0.3, -0.25) is 4.79 Å². The SMILES string of the molecule is COC(=O)CCC/C=C\C[C@@H]1[C@@H](NS(=O)(=O)c2ccc(F)cc2)[C@H](OC(=O)c2ccccc2)C[C@@H]1OCc1ccc(-c2ccccc2)cc1. The molecule has 49 heavy (non-hydrogen) atoms. The Hall–Kier alpha value is -4.64. The summed E-state index contributed by atoms with van der Waals surface area (Å²) in [7, 11) is -2.79. The van der Waals surface area contributed by atoms with E-state index in [1.807, 2.05) is 66.7 Å². The molecule has 4 aromatic rings. The van der Waals surface area contributed by atoms with E-state index in [9.17, 15) is 22.4 Å². The van der Waals surface area contributed by atoms with Gasteiger partial charge in [-0.25, -0.2) is 22.3 Å². The number of hydrogen-bond acceptors (Lipinski definition) is 7. The number of benzene rings is 4. The molecule has 0 bridgehead atoms. The van der Waals surface area contributed by atoms with E-state index in [2.05, 4.69) is 4.72 Å². The minimum atomic E-state index is -4.14. The van der Waals surface area contributed by atoms with Crippen molar-refractivity contribution in [1.29, 1.82) is 0 Å². The molecule has 4 aromatic carbocycles. The molecule has 1 fully saturated rings. The molecular formula is C39H40FNO7S. The number of rotatable bonds is 15. The summed E-state index contributed by atoms with van der Waals surface area (Å²) in [5.74, 6) is -1.85. The third kappa shape index (κ3) is 9.95. The zero-order valence-electron chi connectivity index (χ0n) is 27.2. The van der Waals surface area contributed by atoms with Crippen molar-refractivity contribution in [2.24, 2.45) is 5.92 Å². The topological polar surface area (TPSA) is 108 Å². The first-order valence-corrected chi connectivity index (χ1v) is 17.7. The maximum atomic E-state index is 13.7. The standard InChI is InChI=1S/C39H40FNO7S/c1-46-37(42)17-11-3-2-10-16-34-35(47-27-28-18-20-30(21-19-28)29-12-6-4-7-13-29)26-36(48-39(43)31-14-8-5-9-15-31)38(34)41-49(44,45)33-24-22-32(40)23-25-33/h2,4-10,12-15,18-25,34-36,38,41H,3,11,16-17,26-27H2,1H3/b10-2-/t34-,35-,36+,38+/m0/s1. The van der Waals surface area contributed by atoms with Gasteiger partial charge in [-0.1, -0.05) is 84.9 Å². The predicted octanol–water partition coefficient (Wildman–Crippen LogP) is 7.26. The number of methoxy groups -OCH3 is 1. The highest BCUT2D eigenvalue weighted by Gasteiger charge is 2.47. The third-order valence-corrected chi connectivity index (χ3v) is 10.0. The van der Waals surface area contributed by atoms with Crippen molar-refractivity contribution in [1.82, 2.24) is 4.72 Å². The Morgan fingerprint density at radius 3 is 2.16 bits per heavy atom. The van der Waals surface area contributed by atoms with Crippen molar-refractivity contribution in [3.05, 3.63) is 138 Å². The molecule has 0 aromatic heterocycles. The fourth-order valence-corrected chi connectivity index (χ4v) is 7.25. The molecule has 0 radical (unpaired) electrons. The summed E-state index contributed by atoms with van der Waals surface area (Å²) in [6.45, 7) is 0.260. The first-order valence-electron chi connectivity index (χ1n) is 16.2. The Morgan fingerprint density at radius 2 is 1.49 bits per heavy atom. The second-order valence-electron chi connectivity index (χ2n) is 11.9. The number of ether oxygens (including phenoxy) is 3. The lowest BCUT2D eigenvalue weighted by atomic mass is 9.97. The second kappa shape index (κ2) is 17.1. The molecule has 0 amide bonds. The van der Waals surface area contributed by atoms with E-state index in [-0.39, 0.29) is 30.3 Å². The average Bonchev–Trinajstić information content (AvgIpc) is 3.43. The maximum absolute atomic E-state index is 13.7. The monoisotopic (exact) mass is 685 g/mol. The number of sulfonamides is 1. The molecule has 4 atom stereocenters. The van der Waals surface area contributed by atoms with Gasteiger partial charge in [0.25, 0.3) is 0 Å². The van der Waals surface area contributed by atoms with Gasteiger partial charge in [0.05, 0.1) is 36.3 Å². The summed E-state index contributed by atoms with van der Waals surface area (Å²) >= 11 is 0. The summed E-state index contributed by atoms with van der Waals surface area (Å²) in [5.41, 5.74) is 3.45. The van der Waals surface area contributed by atoms with Gasteiger partial charge in [-0.05, 0) is 72.4 Å². The van der Waals surface area contributed by atoms with Gasteiger partial charge < -0.3 is 14.2 Å². The van der Waals surface area contributed by atoms with Crippen molar-refractivity contribution in [2.45, 2.75) is 61.9 Å². The minimum Gasteiger partial charge on any atom is -0.469 e. The van der Waals surface area contributed by atoms with Crippen LogP contribution in [0.25, 0.3) is 11.1 Å². The van der Waals surface area contributed by atoms with Crippen molar-refractivity contribution < 1.29 is 36.6 Å². The summed E-state index contributed by atoms with van der Waals surface area (Å²) in [6, 6.07) is 30.3. The predicted molar refractivity (Wildman–Crippen MR) is 184 cm³/mol. The molecule has 5 rings (SSSR count). The Labute approximate surface area is 287 Å². The highest BCUT2D eigenvalue weighted by atomic mass is 32.2. The lowest BCUT2D eigenvalue weighted by Gasteiger charge is -2.27. The van der Waals surface area contributed by atoms with Gasteiger partial charge in [0.2, 0.25) is 10.0 Å². The molecule has 8 nitrogen and oxygen atoms in total. The largest absolute Gasteiger partial charge is 0.469 e. The Balaban J connectivity index is 1.39. The molecule has 1 aliphatic carbocycles. The molecule has 1 saturated carbocycles. The molecule has 256 valence electrons. The minimum absolute atomic E-state index is 0.109. The number of carbonyl (C=O) groups is 2. The van der Waals surface area contributed by atoms with Gasteiger partial charge in [-0.2, -0.15) is 0 Å². The molecule has 0 saturated heterocycles. The van der Waals surface area contributed by atoms with Crippen LogP contribution in [0.5, 0.6) is 0 Å². The first kappa shape index (κ1) is 35.7. The molecule has 1 aliphatic rings. The lowest BCUT2D eigenvalue weighted by molar-refractivity contribution is -0.140. The van der Waals surface area contributed by atoms with E-state index in [1.165, 1.54) is 19.2 Å². The number of esters is 2. The quantitative estimate of drug-likeness (QED) is 0.0798. The molecule has 0 spiro atoms. The van der Waals surface area contributed by atoms with Crippen LogP contribution in [0.2, 0.25) is 0 Å². The fourth-order valence-electron chi connectivity index (χ4n) is 5.94. The van der Waals surface area contributed by atoms with Crippen LogP contribution in [0.3, 0.4) is 0 Å². The van der Waals surface area contributed by atoms with Crippen LogP contribution in [0.4, 0.5) is 4.39 Å². The van der Waals surface area contributed by atoms with E-state index < -0.39 is 46.0 Å². The highest BCUT2D eigenvalue weighted by Crippen LogP contribution is 2.36. The molecule has 0 aliphatic heterocycles. The van der Waals surface area contributed by atoms with Gasteiger partial charge in [0.15, 0.2) is 0 Å². The molecule has 10 heteroatoms. The highest BCUT2D eigenvalue weighted by molar-refractivity contribution is 7.89. The summed E-state index contributed by atoms with van der Waals surface area (Å²) in [6.07, 6.45) is 4.71. The maximum Gasteiger partial charge on any atom is 0.338 e.